The lowest BCUT2D eigenvalue weighted by atomic mass is 10.2. The monoisotopic (exact) mass is 225 g/mol. The van der Waals surface area contributed by atoms with Gasteiger partial charge < -0.3 is 0 Å². The average molecular weight is 226 g/mol. The molecule has 0 saturated carbocycles. The molecular formula is C9H19Cl2Si. The summed E-state index contributed by atoms with van der Waals surface area (Å²) in [7, 11) is -0.545. The second-order valence-corrected chi connectivity index (χ2v) is 7.14. The van der Waals surface area contributed by atoms with Crippen LogP contribution in [-0.4, -0.2) is 14.0 Å². The van der Waals surface area contributed by atoms with Crippen LogP contribution >= 0.6 is 22.7 Å². The first-order valence-electron chi connectivity index (χ1n) is 4.87. The van der Waals surface area contributed by atoms with Gasteiger partial charge in [-0.25, -0.2) is 0 Å². The number of alkyl halides is 1. The van der Waals surface area contributed by atoms with E-state index in [9.17, 15) is 0 Å². The van der Waals surface area contributed by atoms with Crippen LogP contribution in [0.2, 0.25) is 12.1 Å². The summed E-state index contributed by atoms with van der Waals surface area (Å²) >= 11 is 11.8. The lowest BCUT2D eigenvalue weighted by molar-refractivity contribution is 0.699. The van der Waals surface area contributed by atoms with Crippen molar-refractivity contribution in [2.45, 2.75) is 51.1 Å². The maximum absolute atomic E-state index is 6.18. The third kappa shape index (κ3) is 8.89. The van der Waals surface area contributed by atoms with Gasteiger partial charge in [-0.3, -0.25) is 0 Å². The first kappa shape index (κ1) is 12.8. The van der Waals surface area contributed by atoms with Gasteiger partial charge in [0.2, 0.25) is 0 Å². The van der Waals surface area contributed by atoms with Crippen LogP contribution in [0.1, 0.15) is 39.0 Å². The third-order valence-corrected chi connectivity index (χ3v) is 5.08. The number of hydrogen-bond acceptors (Lipinski definition) is 0. The largest absolute Gasteiger partial charge is 0.169 e. The van der Waals surface area contributed by atoms with Crippen molar-refractivity contribution < 1.29 is 0 Å². The van der Waals surface area contributed by atoms with Crippen molar-refractivity contribution in [1.82, 2.24) is 0 Å². The summed E-state index contributed by atoms with van der Waals surface area (Å²) in [4.78, 5) is 0. The smallest absolute Gasteiger partial charge is 0.165 e. The van der Waals surface area contributed by atoms with Crippen LogP contribution in [0.25, 0.3) is 0 Å². The van der Waals surface area contributed by atoms with Gasteiger partial charge in [0.15, 0.2) is 8.11 Å². The van der Waals surface area contributed by atoms with Crippen molar-refractivity contribution in [3.8, 4) is 0 Å². The highest BCUT2D eigenvalue weighted by molar-refractivity contribution is 7.06. The summed E-state index contributed by atoms with van der Waals surface area (Å²) in [6.45, 7) is 2.24. The molecule has 0 aromatic rings. The molecule has 0 aromatic carbocycles. The molecule has 1 radical (unpaired) electrons. The Morgan fingerprint density at radius 1 is 1.00 bits per heavy atom. The zero-order valence-corrected chi connectivity index (χ0v) is 10.4. The molecule has 0 amide bonds. The lowest BCUT2D eigenvalue weighted by Gasteiger charge is -2.04. The molecule has 3 heteroatoms. The molecule has 0 aromatic heterocycles. The minimum absolute atomic E-state index is 0.545. The number of unbranched alkanes of at least 4 members (excludes halogenated alkanes) is 3. The van der Waals surface area contributed by atoms with E-state index < -0.39 is 8.11 Å². The maximum atomic E-state index is 6.18. The minimum atomic E-state index is -0.545. The quantitative estimate of drug-likeness (QED) is 0.248. The van der Waals surface area contributed by atoms with Crippen LogP contribution < -0.4 is 0 Å². The standard InChI is InChI=1S/C9H19Cl2Si/c1-2-3-4-5-8-12(11)9-6-7-10/h2-9H2,1H3. The summed E-state index contributed by atoms with van der Waals surface area (Å²) in [6, 6.07) is 2.45. The van der Waals surface area contributed by atoms with E-state index in [4.69, 9.17) is 22.7 Å². The van der Waals surface area contributed by atoms with E-state index in [1.807, 2.05) is 0 Å². The fourth-order valence-electron chi connectivity index (χ4n) is 1.13. The van der Waals surface area contributed by atoms with E-state index in [0.29, 0.717) is 0 Å². The van der Waals surface area contributed by atoms with E-state index in [1.165, 1.54) is 37.8 Å². The number of halogens is 2. The molecule has 73 valence electrons. The van der Waals surface area contributed by atoms with Crippen molar-refractivity contribution in [1.29, 1.82) is 0 Å². The molecular weight excluding hydrogens is 207 g/mol. The maximum Gasteiger partial charge on any atom is 0.165 e. The van der Waals surface area contributed by atoms with E-state index >= 15 is 0 Å². The van der Waals surface area contributed by atoms with Gasteiger partial charge in [0, 0.05) is 5.88 Å². The predicted molar refractivity (Wildman–Crippen MR) is 60.7 cm³/mol. The molecule has 0 unspecified atom stereocenters. The molecule has 0 aliphatic rings. The highest BCUT2D eigenvalue weighted by Crippen LogP contribution is 2.13. The summed E-state index contributed by atoms with van der Waals surface area (Å²) in [5.41, 5.74) is 0. The van der Waals surface area contributed by atoms with E-state index in [0.717, 1.165) is 12.3 Å². The summed E-state index contributed by atoms with van der Waals surface area (Å²) in [5.74, 6) is 0.774. The Kier molecular flexibility index (Phi) is 10.5. The van der Waals surface area contributed by atoms with E-state index in [1.54, 1.807) is 0 Å². The highest BCUT2D eigenvalue weighted by atomic mass is 35.6. The van der Waals surface area contributed by atoms with Gasteiger partial charge >= 0.3 is 0 Å². The van der Waals surface area contributed by atoms with Crippen molar-refractivity contribution in [2.24, 2.45) is 0 Å². The summed E-state index contributed by atoms with van der Waals surface area (Å²) < 4.78 is 0. The van der Waals surface area contributed by atoms with Crippen molar-refractivity contribution in [3.05, 3.63) is 0 Å². The molecule has 0 bridgehead atoms. The Labute approximate surface area is 87.9 Å². The Balaban J connectivity index is 3.02. The number of hydrogen-bond donors (Lipinski definition) is 0. The first-order chi connectivity index (χ1) is 5.81. The van der Waals surface area contributed by atoms with Crippen LogP contribution in [0.5, 0.6) is 0 Å². The molecule has 12 heavy (non-hydrogen) atoms. The normalized spacial score (nSPS) is 11.0. The van der Waals surface area contributed by atoms with Crippen LogP contribution in [0.3, 0.4) is 0 Å². The molecule has 0 fully saturated rings. The topological polar surface area (TPSA) is 0 Å². The fraction of sp³-hybridized carbons (Fsp3) is 1.00. The molecule has 0 N–H and O–H groups in total. The van der Waals surface area contributed by atoms with E-state index in [-0.39, 0.29) is 0 Å². The lowest BCUT2D eigenvalue weighted by Crippen LogP contribution is -2.02. The third-order valence-electron chi connectivity index (χ3n) is 1.88. The van der Waals surface area contributed by atoms with Gasteiger partial charge in [-0.05, 0) is 18.5 Å². The van der Waals surface area contributed by atoms with Crippen LogP contribution in [0.15, 0.2) is 0 Å². The molecule has 0 heterocycles. The van der Waals surface area contributed by atoms with Crippen LogP contribution in [0, 0.1) is 0 Å². The zero-order valence-electron chi connectivity index (χ0n) is 7.91. The highest BCUT2D eigenvalue weighted by Gasteiger charge is 2.06. The summed E-state index contributed by atoms with van der Waals surface area (Å²) in [5, 5.41) is 0. The van der Waals surface area contributed by atoms with Crippen molar-refractivity contribution in [3.63, 3.8) is 0 Å². The first-order valence-corrected chi connectivity index (χ1v) is 8.33. The Morgan fingerprint density at radius 2 is 1.67 bits per heavy atom. The van der Waals surface area contributed by atoms with Gasteiger partial charge in [0.25, 0.3) is 0 Å². The van der Waals surface area contributed by atoms with Crippen molar-refractivity contribution >= 4 is 30.8 Å². The minimum Gasteiger partial charge on any atom is -0.169 e. The molecule has 0 rings (SSSR count). The molecule has 0 atom stereocenters. The van der Waals surface area contributed by atoms with Gasteiger partial charge in [0.1, 0.15) is 0 Å². The Bertz CT molecular complexity index is 88.6. The average Bonchev–Trinajstić information content (AvgIpc) is 2.09. The number of rotatable bonds is 8. The molecule has 0 nitrogen and oxygen atoms in total. The van der Waals surface area contributed by atoms with Gasteiger partial charge in [-0.1, -0.05) is 32.6 Å². The zero-order chi connectivity index (χ0) is 9.23. The molecule has 0 aliphatic heterocycles. The van der Waals surface area contributed by atoms with Crippen LogP contribution in [-0.2, 0) is 0 Å². The second-order valence-electron chi connectivity index (χ2n) is 3.12. The van der Waals surface area contributed by atoms with Gasteiger partial charge in [-0.2, -0.15) is 11.1 Å². The van der Waals surface area contributed by atoms with Crippen LogP contribution in [0.4, 0.5) is 0 Å². The van der Waals surface area contributed by atoms with Gasteiger partial charge in [0.05, 0.1) is 0 Å². The summed E-state index contributed by atoms with van der Waals surface area (Å²) in [6.07, 6.45) is 6.47. The van der Waals surface area contributed by atoms with Crippen molar-refractivity contribution in [2.75, 3.05) is 5.88 Å². The predicted octanol–water partition coefficient (Wildman–Crippen LogP) is 4.43. The molecule has 0 saturated heterocycles. The molecule has 0 spiro atoms. The molecule has 0 aliphatic carbocycles. The van der Waals surface area contributed by atoms with E-state index in [2.05, 4.69) is 6.92 Å². The Hall–Kier alpha value is 0.797. The van der Waals surface area contributed by atoms with Gasteiger partial charge in [-0.15, -0.1) is 11.6 Å². The fourth-order valence-corrected chi connectivity index (χ4v) is 3.73. The Morgan fingerprint density at radius 3 is 2.25 bits per heavy atom. The SMILES string of the molecule is CCCCCC[Si](Cl)CCCCl. The second kappa shape index (κ2) is 9.88.